The zero-order valence-corrected chi connectivity index (χ0v) is 28.4. The van der Waals surface area contributed by atoms with E-state index in [1.165, 1.54) is 14.2 Å². The molecule has 0 radical (unpaired) electrons. The Morgan fingerprint density at radius 3 is 1.38 bits per heavy atom. The van der Waals surface area contributed by atoms with E-state index in [9.17, 15) is 0 Å². The van der Waals surface area contributed by atoms with Gasteiger partial charge >= 0.3 is 0 Å². The molecular formula is C29H54O16. The third-order valence-electron chi connectivity index (χ3n) is 8.54. The van der Waals surface area contributed by atoms with Crippen molar-refractivity contribution in [2.75, 3.05) is 105 Å². The molecule has 14 atom stereocenters. The smallest absolute Gasteiger partial charge is 0.224 e. The van der Waals surface area contributed by atoms with Crippen molar-refractivity contribution in [1.82, 2.24) is 0 Å². The van der Waals surface area contributed by atoms with Crippen LogP contribution in [0.25, 0.3) is 0 Å². The summed E-state index contributed by atoms with van der Waals surface area (Å²) in [7, 11) is 17.2. The average molecular weight is 659 g/mol. The van der Waals surface area contributed by atoms with Crippen LogP contribution >= 0.6 is 0 Å². The van der Waals surface area contributed by atoms with Crippen LogP contribution in [0.2, 0.25) is 0 Å². The van der Waals surface area contributed by atoms with Crippen LogP contribution in [0.5, 0.6) is 0 Å². The summed E-state index contributed by atoms with van der Waals surface area (Å²) >= 11 is 0. The van der Waals surface area contributed by atoms with Gasteiger partial charge in [-0.25, -0.2) is 0 Å². The molecule has 14 unspecified atom stereocenters. The molecule has 0 bridgehead atoms. The highest BCUT2D eigenvalue weighted by Crippen LogP contribution is 2.40. The fraction of sp³-hybridized carbons (Fsp3) is 1.00. The fourth-order valence-electron chi connectivity index (χ4n) is 6.57. The monoisotopic (exact) mass is 658 g/mol. The van der Waals surface area contributed by atoms with Gasteiger partial charge in [-0.05, 0) is 0 Å². The number of methoxy groups -OCH3 is 11. The molecule has 0 aromatic heterocycles. The first-order valence-corrected chi connectivity index (χ1v) is 14.8. The van der Waals surface area contributed by atoms with Gasteiger partial charge in [0.1, 0.15) is 73.8 Å². The van der Waals surface area contributed by atoms with Gasteiger partial charge in [0.05, 0.1) is 19.8 Å². The molecule has 3 heterocycles. The first-order valence-electron chi connectivity index (χ1n) is 14.8. The molecule has 0 aromatic carbocycles. The number of rotatable bonds is 19. The normalized spacial score (nSPS) is 42.3. The largest absolute Gasteiger partial charge is 0.382 e. The van der Waals surface area contributed by atoms with E-state index in [1.54, 1.807) is 64.0 Å². The lowest BCUT2D eigenvalue weighted by Gasteiger charge is -2.48. The van der Waals surface area contributed by atoms with E-state index < -0.39 is 85.5 Å². The molecule has 3 saturated heterocycles. The minimum atomic E-state index is -1.46. The van der Waals surface area contributed by atoms with Crippen LogP contribution in [-0.4, -0.2) is 190 Å². The minimum Gasteiger partial charge on any atom is -0.382 e. The van der Waals surface area contributed by atoms with E-state index >= 15 is 0 Å². The zero-order valence-electron chi connectivity index (χ0n) is 28.4. The predicted octanol–water partition coefficient (Wildman–Crippen LogP) is -0.376. The van der Waals surface area contributed by atoms with E-state index in [0.29, 0.717) is 0 Å². The number of hydrogen-bond donors (Lipinski definition) is 0. The molecule has 16 heteroatoms. The topological polar surface area (TPSA) is 148 Å². The third kappa shape index (κ3) is 8.33. The van der Waals surface area contributed by atoms with E-state index in [-0.39, 0.29) is 26.4 Å². The van der Waals surface area contributed by atoms with Crippen LogP contribution in [-0.2, 0) is 75.8 Å². The van der Waals surface area contributed by atoms with Crippen LogP contribution in [0.3, 0.4) is 0 Å². The van der Waals surface area contributed by atoms with Gasteiger partial charge in [0, 0.05) is 78.2 Å². The van der Waals surface area contributed by atoms with Gasteiger partial charge in [-0.3, -0.25) is 0 Å². The van der Waals surface area contributed by atoms with Crippen molar-refractivity contribution in [3.05, 3.63) is 0 Å². The summed E-state index contributed by atoms with van der Waals surface area (Å²) in [5.41, 5.74) is 0. The van der Waals surface area contributed by atoms with E-state index in [1.807, 2.05) is 0 Å². The van der Waals surface area contributed by atoms with Crippen molar-refractivity contribution >= 4 is 0 Å². The molecule has 16 nitrogen and oxygen atoms in total. The molecule has 266 valence electrons. The quantitative estimate of drug-likeness (QED) is 0.177. The summed E-state index contributed by atoms with van der Waals surface area (Å²) < 4.78 is 94.9. The summed E-state index contributed by atoms with van der Waals surface area (Å²) in [6.07, 6.45) is -8.49. The Morgan fingerprint density at radius 1 is 0.444 bits per heavy atom. The lowest BCUT2D eigenvalue weighted by atomic mass is 9.97. The van der Waals surface area contributed by atoms with Crippen molar-refractivity contribution in [3.63, 3.8) is 0 Å². The summed E-state index contributed by atoms with van der Waals surface area (Å²) in [5, 5.41) is 0. The summed E-state index contributed by atoms with van der Waals surface area (Å²) in [6.45, 7) is 0.459. The van der Waals surface area contributed by atoms with Crippen LogP contribution in [0.1, 0.15) is 0 Å². The van der Waals surface area contributed by atoms with Crippen molar-refractivity contribution in [2.45, 2.75) is 85.5 Å². The first kappa shape index (κ1) is 38.8. The molecule has 0 aliphatic carbocycles. The highest BCUT2D eigenvalue weighted by Gasteiger charge is 2.61. The maximum atomic E-state index is 6.64. The van der Waals surface area contributed by atoms with Gasteiger partial charge in [0.15, 0.2) is 12.6 Å². The lowest BCUT2D eigenvalue weighted by molar-refractivity contribution is -0.394. The van der Waals surface area contributed by atoms with E-state index in [0.717, 1.165) is 0 Å². The molecule has 3 rings (SSSR count). The molecule has 0 N–H and O–H groups in total. The van der Waals surface area contributed by atoms with Crippen molar-refractivity contribution in [2.24, 2.45) is 0 Å². The Morgan fingerprint density at radius 2 is 0.911 bits per heavy atom. The molecule has 0 spiro atoms. The lowest BCUT2D eigenvalue weighted by Crippen LogP contribution is -2.65. The van der Waals surface area contributed by atoms with Crippen LogP contribution in [0, 0.1) is 0 Å². The molecule has 0 aromatic rings. The Hall–Kier alpha value is -0.640. The van der Waals surface area contributed by atoms with Crippen molar-refractivity contribution < 1.29 is 75.8 Å². The van der Waals surface area contributed by atoms with Gasteiger partial charge in [-0.15, -0.1) is 0 Å². The Bertz CT molecular complexity index is 825. The van der Waals surface area contributed by atoms with E-state index in [2.05, 4.69) is 0 Å². The maximum absolute atomic E-state index is 6.64. The third-order valence-corrected chi connectivity index (χ3v) is 8.54. The van der Waals surface area contributed by atoms with Crippen LogP contribution in [0.15, 0.2) is 0 Å². The first-order chi connectivity index (χ1) is 21.8. The van der Waals surface area contributed by atoms with Gasteiger partial charge in [0.2, 0.25) is 5.79 Å². The Balaban J connectivity index is 1.89. The van der Waals surface area contributed by atoms with Gasteiger partial charge < -0.3 is 75.8 Å². The Labute approximate surface area is 266 Å². The maximum Gasteiger partial charge on any atom is 0.224 e. The van der Waals surface area contributed by atoms with Gasteiger partial charge in [-0.2, -0.15) is 0 Å². The molecule has 0 amide bonds. The highest BCUT2D eigenvalue weighted by atomic mass is 16.8. The number of ether oxygens (including phenoxy) is 16. The number of hydrogen-bond acceptors (Lipinski definition) is 16. The zero-order chi connectivity index (χ0) is 33.1. The second-order valence-electron chi connectivity index (χ2n) is 10.9. The predicted molar refractivity (Wildman–Crippen MR) is 154 cm³/mol. The van der Waals surface area contributed by atoms with E-state index in [4.69, 9.17) is 75.8 Å². The Kier molecular flexibility index (Phi) is 16.2. The SMILES string of the molecule is COCC1OC(OCC2OC(OC3(COC)OC(COC)C(OC)C3OC)C(OC)C(OC)C2OC)C(OC)C(OC)C1OC. The minimum absolute atomic E-state index is 0.00813. The molecule has 45 heavy (non-hydrogen) atoms. The second kappa shape index (κ2) is 18.8. The van der Waals surface area contributed by atoms with Gasteiger partial charge in [-0.1, -0.05) is 0 Å². The van der Waals surface area contributed by atoms with Crippen LogP contribution in [0.4, 0.5) is 0 Å². The molecule has 3 aliphatic rings. The summed E-state index contributed by atoms with van der Waals surface area (Å²) in [4.78, 5) is 0. The van der Waals surface area contributed by atoms with Crippen molar-refractivity contribution in [3.8, 4) is 0 Å². The van der Waals surface area contributed by atoms with Crippen LogP contribution < -0.4 is 0 Å². The summed E-state index contributed by atoms with van der Waals surface area (Å²) in [5.74, 6) is -1.46. The highest BCUT2D eigenvalue weighted by molar-refractivity contribution is 5.01. The average Bonchev–Trinajstić information content (AvgIpc) is 3.34. The standard InChI is InChI=1S/C29H54O16/c1-30-12-16-19(33-4)22(36-7)24(38-9)27(42-16)41-14-17-20(34-5)23(37-8)25(39-10)28(43-17)45-29(15-32-3)26(40-11)21(35-6)18(44-29)13-31-2/h16-28H,12-15H2,1-11H3. The molecule has 3 aliphatic heterocycles. The molecule has 0 saturated carbocycles. The fourth-order valence-corrected chi connectivity index (χ4v) is 6.57. The molecular weight excluding hydrogens is 604 g/mol. The molecule has 3 fully saturated rings. The summed E-state index contributed by atoms with van der Waals surface area (Å²) in [6, 6.07) is 0. The van der Waals surface area contributed by atoms with Gasteiger partial charge in [0.25, 0.3) is 0 Å². The second-order valence-corrected chi connectivity index (χ2v) is 10.9. The van der Waals surface area contributed by atoms with Crippen molar-refractivity contribution in [1.29, 1.82) is 0 Å².